The first-order valence-electron chi connectivity index (χ1n) is 7.02. The molecular weight excluding hydrogens is 250 g/mol. The first-order chi connectivity index (χ1) is 9.76. The average molecular weight is 271 g/mol. The third-order valence-corrected chi connectivity index (χ3v) is 3.42. The van der Waals surface area contributed by atoms with E-state index in [2.05, 4.69) is 17.2 Å². The number of likely N-dealkylation sites (N-methyl/N-ethyl adjacent to an activating group) is 1. The molecule has 0 amide bonds. The largest absolute Gasteiger partial charge is 0.335 e. The summed E-state index contributed by atoms with van der Waals surface area (Å²) in [4.78, 5) is 16.8. The maximum absolute atomic E-state index is 12.5. The summed E-state index contributed by atoms with van der Waals surface area (Å²) in [5, 5.41) is 3.12. The van der Waals surface area contributed by atoms with Crippen LogP contribution in [0.25, 0.3) is 0 Å². The van der Waals surface area contributed by atoms with Crippen molar-refractivity contribution < 1.29 is 4.79 Å². The minimum absolute atomic E-state index is 0.137. The molecule has 0 atom stereocenters. The number of benzene rings is 1. The zero-order chi connectivity index (χ0) is 14.4. The Morgan fingerprint density at radius 1 is 1.35 bits per heavy atom. The number of nitrogens with zero attached hydrogens (tertiary/aromatic N) is 2. The predicted molar refractivity (Wildman–Crippen MR) is 80.0 cm³/mol. The summed E-state index contributed by atoms with van der Waals surface area (Å²) >= 11 is 0. The van der Waals surface area contributed by atoms with Crippen LogP contribution in [0, 0.1) is 0 Å². The SMILES string of the molecule is CCn1ccnc1CC(=O)c1ccccc1CCNC. The van der Waals surface area contributed by atoms with E-state index in [1.54, 1.807) is 6.20 Å². The highest BCUT2D eigenvalue weighted by atomic mass is 16.1. The summed E-state index contributed by atoms with van der Waals surface area (Å²) in [6.07, 6.45) is 4.88. The van der Waals surface area contributed by atoms with Crippen LogP contribution in [0.2, 0.25) is 0 Å². The summed E-state index contributed by atoms with van der Waals surface area (Å²) in [6, 6.07) is 7.83. The number of rotatable bonds is 7. The van der Waals surface area contributed by atoms with Crippen molar-refractivity contribution in [2.45, 2.75) is 26.3 Å². The quantitative estimate of drug-likeness (QED) is 0.784. The Labute approximate surface area is 119 Å². The van der Waals surface area contributed by atoms with Crippen molar-refractivity contribution in [2.24, 2.45) is 0 Å². The van der Waals surface area contributed by atoms with E-state index in [-0.39, 0.29) is 5.78 Å². The Hall–Kier alpha value is -1.94. The van der Waals surface area contributed by atoms with Crippen molar-refractivity contribution in [1.82, 2.24) is 14.9 Å². The standard InChI is InChI=1S/C16H21N3O/c1-3-19-11-10-18-16(19)12-15(20)14-7-5-4-6-13(14)8-9-17-2/h4-7,10-11,17H,3,8-9,12H2,1-2H3. The van der Waals surface area contributed by atoms with Crippen molar-refractivity contribution in [3.8, 4) is 0 Å². The molecule has 0 aliphatic carbocycles. The van der Waals surface area contributed by atoms with Crippen LogP contribution in [0.1, 0.15) is 28.7 Å². The van der Waals surface area contributed by atoms with Crippen LogP contribution in [0.3, 0.4) is 0 Å². The number of carbonyl (C=O) groups is 1. The molecule has 106 valence electrons. The second-order valence-corrected chi connectivity index (χ2v) is 4.74. The summed E-state index contributed by atoms with van der Waals surface area (Å²) in [7, 11) is 1.92. The second kappa shape index (κ2) is 7.01. The normalized spacial score (nSPS) is 10.7. The van der Waals surface area contributed by atoms with Gasteiger partial charge in [-0.1, -0.05) is 24.3 Å². The fraction of sp³-hybridized carbons (Fsp3) is 0.375. The van der Waals surface area contributed by atoms with Gasteiger partial charge < -0.3 is 9.88 Å². The smallest absolute Gasteiger partial charge is 0.170 e. The maximum atomic E-state index is 12.5. The topological polar surface area (TPSA) is 46.9 Å². The fourth-order valence-corrected chi connectivity index (χ4v) is 2.30. The van der Waals surface area contributed by atoms with Crippen LogP contribution in [0.5, 0.6) is 0 Å². The minimum atomic E-state index is 0.137. The van der Waals surface area contributed by atoms with Gasteiger partial charge in [-0.2, -0.15) is 0 Å². The van der Waals surface area contributed by atoms with Crippen LogP contribution in [-0.4, -0.2) is 28.9 Å². The van der Waals surface area contributed by atoms with Crippen molar-refractivity contribution in [1.29, 1.82) is 0 Å². The van der Waals surface area contributed by atoms with Crippen molar-refractivity contribution >= 4 is 5.78 Å². The molecule has 1 N–H and O–H groups in total. The minimum Gasteiger partial charge on any atom is -0.335 e. The lowest BCUT2D eigenvalue weighted by Gasteiger charge is -2.09. The molecule has 0 radical (unpaired) electrons. The Morgan fingerprint density at radius 3 is 2.90 bits per heavy atom. The van der Waals surface area contributed by atoms with E-state index in [0.29, 0.717) is 6.42 Å². The molecule has 20 heavy (non-hydrogen) atoms. The van der Waals surface area contributed by atoms with Crippen LogP contribution >= 0.6 is 0 Å². The number of Topliss-reactive ketones (excluding diaryl/α,β-unsaturated/α-hetero) is 1. The lowest BCUT2D eigenvalue weighted by Crippen LogP contribution is -2.15. The number of carbonyl (C=O) groups excluding carboxylic acids is 1. The molecular formula is C16H21N3O. The number of hydrogen-bond acceptors (Lipinski definition) is 3. The van der Waals surface area contributed by atoms with Crippen molar-refractivity contribution in [3.63, 3.8) is 0 Å². The lowest BCUT2D eigenvalue weighted by molar-refractivity contribution is 0.0989. The first kappa shape index (κ1) is 14.5. The molecule has 1 aromatic heterocycles. The van der Waals surface area contributed by atoms with Gasteiger partial charge in [0.1, 0.15) is 5.82 Å². The molecule has 4 heteroatoms. The van der Waals surface area contributed by atoms with Crippen LogP contribution in [-0.2, 0) is 19.4 Å². The highest BCUT2D eigenvalue weighted by Crippen LogP contribution is 2.13. The van der Waals surface area contributed by atoms with E-state index in [0.717, 1.165) is 36.5 Å². The zero-order valence-corrected chi connectivity index (χ0v) is 12.1. The zero-order valence-electron chi connectivity index (χ0n) is 12.1. The first-order valence-corrected chi connectivity index (χ1v) is 7.02. The molecule has 2 aromatic rings. The lowest BCUT2D eigenvalue weighted by atomic mass is 9.99. The molecule has 0 saturated carbocycles. The van der Waals surface area contributed by atoms with Crippen LogP contribution < -0.4 is 5.32 Å². The number of aromatic nitrogens is 2. The molecule has 0 saturated heterocycles. The number of nitrogens with one attached hydrogen (secondary N) is 1. The van der Waals surface area contributed by atoms with E-state index in [4.69, 9.17) is 0 Å². The van der Waals surface area contributed by atoms with Gasteiger partial charge >= 0.3 is 0 Å². The van der Waals surface area contributed by atoms with E-state index < -0.39 is 0 Å². The highest BCUT2D eigenvalue weighted by molar-refractivity contribution is 5.98. The Bertz CT molecular complexity index is 575. The van der Waals surface area contributed by atoms with Crippen molar-refractivity contribution in [2.75, 3.05) is 13.6 Å². The molecule has 4 nitrogen and oxygen atoms in total. The predicted octanol–water partition coefficient (Wildman–Crippen LogP) is 2.09. The molecule has 0 bridgehead atoms. The van der Waals surface area contributed by atoms with E-state index in [1.807, 2.05) is 42.1 Å². The van der Waals surface area contributed by atoms with Crippen molar-refractivity contribution in [3.05, 3.63) is 53.6 Å². The Morgan fingerprint density at radius 2 is 2.15 bits per heavy atom. The number of hydrogen-bond donors (Lipinski definition) is 1. The summed E-state index contributed by atoms with van der Waals surface area (Å²) in [6.45, 7) is 3.76. The number of imidazole rings is 1. The molecule has 0 aliphatic heterocycles. The second-order valence-electron chi connectivity index (χ2n) is 4.74. The van der Waals surface area contributed by atoms with E-state index in [1.165, 1.54) is 0 Å². The van der Waals surface area contributed by atoms with Gasteiger partial charge in [0.25, 0.3) is 0 Å². The van der Waals surface area contributed by atoms with Crippen LogP contribution in [0.15, 0.2) is 36.7 Å². The van der Waals surface area contributed by atoms with Gasteiger partial charge in [0, 0.05) is 24.5 Å². The summed E-state index contributed by atoms with van der Waals surface area (Å²) < 4.78 is 2.01. The van der Waals surface area contributed by atoms with E-state index in [9.17, 15) is 4.79 Å². The van der Waals surface area contributed by atoms with Crippen LogP contribution in [0.4, 0.5) is 0 Å². The van der Waals surface area contributed by atoms with Gasteiger partial charge in [0.2, 0.25) is 0 Å². The Kier molecular flexibility index (Phi) is 5.07. The monoisotopic (exact) mass is 271 g/mol. The Balaban J connectivity index is 2.16. The van der Waals surface area contributed by atoms with Gasteiger partial charge in [0.05, 0.1) is 6.42 Å². The van der Waals surface area contributed by atoms with Gasteiger partial charge in [-0.15, -0.1) is 0 Å². The summed E-state index contributed by atoms with van der Waals surface area (Å²) in [5.41, 5.74) is 1.91. The van der Waals surface area contributed by atoms with Gasteiger partial charge in [-0.05, 0) is 32.5 Å². The van der Waals surface area contributed by atoms with Gasteiger partial charge in [0.15, 0.2) is 5.78 Å². The van der Waals surface area contributed by atoms with Gasteiger partial charge in [-0.25, -0.2) is 4.98 Å². The number of aryl methyl sites for hydroxylation is 1. The molecule has 0 unspecified atom stereocenters. The molecule has 2 rings (SSSR count). The molecule has 1 aromatic carbocycles. The van der Waals surface area contributed by atoms with Gasteiger partial charge in [-0.3, -0.25) is 4.79 Å². The number of ketones is 1. The maximum Gasteiger partial charge on any atom is 0.170 e. The highest BCUT2D eigenvalue weighted by Gasteiger charge is 2.13. The molecule has 0 aliphatic rings. The molecule has 0 fully saturated rings. The molecule has 0 spiro atoms. The molecule has 1 heterocycles. The third-order valence-electron chi connectivity index (χ3n) is 3.42. The summed E-state index contributed by atoms with van der Waals surface area (Å²) in [5.74, 6) is 0.971. The fourth-order valence-electron chi connectivity index (χ4n) is 2.30. The average Bonchev–Trinajstić information content (AvgIpc) is 2.92. The van der Waals surface area contributed by atoms with E-state index >= 15 is 0 Å². The third kappa shape index (κ3) is 3.33.